The van der Waals surface area contributed by atoms with Crippen LogP contribution in [0.2, 0.25) is 0 Å². The minimum absolute atomic E-state index is 0.0418. The smallest absolute Gasteiger partial charge is 0.314 e. The van der Waals surface area contributed by atoms with Gasteiger partial charge in [-0.1, -0.05) is 26.0 Å². The van der Waals surface area contributed by atoms with Crippen LogP contribution < -0.4 is 4.74 Å². The minimum atomic E-state index is -0.442. The highest BCUT2D eigenvalue weighted by atomic mass is 16.6. The van der Waals surface area contributed by atoms with Gasteiger partial charge in [-0.25, -0.2) is 4.98 Å². The molecule has 0 spiro atoms. The van der Waals surface area contributed by atoms with E-state index in [4.69, 9.17) is 4.74 Å². The molecule has 0 aliphatic carbocycles. The minimum Gasteiger partial charge on any atom is -0.432 e. The molecule has 0 bridgehead atoms. The SMILES string of the molecule is Cc1cc(Oc2cccc(C)c2[N+](=O)[O-])nc(C(C)C)n1. The average Bonchev–Trinajstić information content (AvgIpc) is 2.37. The van der Waals surface area contributed by atoms with Crippen molar-refractivity contribution >= 4 is 5.69 Å². The van der Waals surface area contributed by atoms with E-state index >= 15 is 0 Å². The fourth-order valence-electron chi connectivity index (χ4n) is 1.93. The number of hydrogen-bond donors (Lipinski definition) is 0. The second-order valence-electron chi connectivity index (χ2n) is 5.14. The third-order valence-electron chi connectivity index (χ3n) is 2.96. The maximum Gasteiger partial charge on any atom is 0.314 e. The first-order valence-electron chi connectivity index (χ1n) is 6.66. The molecule has 0 radical (unpaired) electrons. The zero-order valence-electron chi connectivity index (χ0n) is 12.5. The molecule has 1 aromatic carbocycles. The third kappa shape index (κ3) is 3.34. The molecule has 0 amide bonds. The summed E-state index contributed by atoms with van der Waals surface area (Å²) >= 11 is 0. The lowest BCUT2D eigenvalue weighted by Crippen LogP contribution is -2.02. The zero-order chi connectivity index (χ0) is 15.6. The van der Waals surface area contributed by atoms with Crippen LogP contribution in [0.4, 0.5) is 5.69 Å². The largest absolute Gasteiger partial charge is 0.432 e. The summed E-state index contributed by atoms with van der Waals surface area (Å²) in [6, 6.07) is 6.63. The molecule has 2 aromatic rings. The number of aryl methyl sites for hydroxylation is 2. The van der Waals surface area contributed by atoms with Crippen molar-refractivity contribution in [2.45, 2.75) is 33.6 Å². The van der Waals surface area contributed by atoms with Gasteiger partial charge in [0.1, 0.15) is 5.82 Å². The highest BCUT2D eigenvalue weighted by Crippen LogP contribution is 2.33. The van der Waals surface area contributed by atoms with Gasteiger partial charge in [-0.15, -0.1) is 0 Å². The van der Waals surface area contributed by atoms with Gasteiger partial charge in [0.15, 0.2) is 0 Å². The van der Waals surface area contributed by atoms with Crippen LogP contribution in [0.1, 0.15) is 36.8 Å². The van der Waals surface area contributed by atoms with Gasteiger partial charge >= 0.3 is 5.69 Å². The fraction of sp³-hybridized carbons (Fsp3) is 0.333. The monoisotopic (exact) mass is 287 g/mol. The van der Waals surface area contributed by atoms with Gasteiger partial charge in [-0.2, -0.15) is 4.98 Å². The molecule has 1 heterocycles. The first kappa shape index (κ1) is 14.9. The van der Waals surface area contributed by atoms with Gasteiger partial charge in [-0.05, 0) is 19.9 Å². The quantitative estimate of drug-likeness (QED) is 0.629. The Bertz CT molecular complexity index is 684. The summed E-state index contributed by atoms with van der Waals surface area (Å²) in [7, 11) is 0. The highest BCUT2D eigenvalue weighted by molar-refractivity contribution is 5.53. The molecule has 0 aliphatic heterocycles. The Kier molecular flexibility index (Phi) is 4.16. The number of nitro groups is 1. The molecule has 0 N–H and O–H groups in total. The molecular weight excluding hydrogens is 270 g/mol. The van der Waals surface area contributed by atoms with Crippen LogP contribution in [0.3, 0.4) is 0 Å². The summed E-state index contributed by atoms with van der Waals surface area (Å²) in [4.78, 5) is 19.4. The Labute approximate surface area is 123 Å². The predicted octanol–water partition coefficient (Wildman–Crippen LogP) is 3.92. The predicted molar refractivity (Wildman–Crippen MR) is 78.8 cm³/mol. The van der Waals surface area contributed by atoms with Crippen LogP contribution in [0, 0.1) is 24.0 Å². The number of nitrogens with zero attached hydrogens (tertiary/aromatic N) is 3. The van der Waals surface area contributed by atoms with Crippen molar-refractivity contribution in [1.82, 2.24) is 9.97 Å². The van der Waals surface area contributed by atoms with Crippen molar-refractivity contribution < 1.29 is 9.66 Å². The van der Waals surface area contributed by atoms with Crippen LogP contribution in [-0.2, 0) is 0 Å². The Morgan fingerprint density at radius 3 is 2.57 bits per heavy atom. The number of nitro benzene ring substituents is 1. The molecule has 0 aliphatic rings. The molecule has 6 nitrogen and oxygen atoms in total. The van der Waals surface area contributed by atoms with Crippen LogP contribution in [0.25, 0.3) is 0 Å². The number of para-hydroxylation sites is 1. The maximum atomic E-state index is 11.2. The van der Waals surface area contributed by atoms with Gasteiger partial charge in [0.2, 0.25) is 11.6 Å². The van der Waals surface area contributed by atoms with Crippen molar-refractivity contribution in [2.24, 2.45) is 0 Å². The highest BCUT2D eigenvalue weighted by Gasteiger charge is 2.19. The summed E-state index contributed by atoms with van der Waals surface area (Å²) in [5.41, 5.74) is 1.27. The number of benzene rings is 1. The van der Waals surface area contributed by atoms with E-state index in [1.165, 1.54) is 0 Å². The van der Waals surface area contributed by atoms with E-state index < -0.39 is 4.92 Å². The van der Waals surface area contributed by atoms with E-state index in [1.807, 2.05) is 20.8 Å². The van der Waals surface area contributed by atoms with Crippen molar-refractivity contribution in [3.63, 3.8) is 0 Å². The van der Waals surface area contributed by atoms with Crippen LogP contribution in [0.15, 0.2) is 24.3 Å². The van der Waals surface area contributed by atoms with Gasteiger partial charge in [0, 0.05) is 23.2 Å². The topological polar surface area (TPSA) is 78.2 Å². The van der Waals surface area contributed by atoms with Crippen molar-refractivity contribution in [1.29, 1.82) is 0 Å². The number of aromatic nitrogens is 2. The number of hydrogen-bond acceptors (Lipinski definition) is 5. The van der Waals surface area contributed by atoms with Gasteiger partial charge < -0.3 is 4.74 Å². The molecule has 110 valence electrons. The van der Waals surface area contributed by atoms with Gasteiger partial charge in [0.25, 0.3) is 0 Å². The molecule has 0 saturated carbocycles. The second kappa shape index (κ2) is 5.87. The van der Waals surface area contributed by atoms with E-state index in [9.17, 15) is 10.1 Å². The summed E-state index contributed by atoms with van der Waals surface area (Å²) in [5, 5.41) is 11.2. The lowest BCUT2D eigenvalue weighted by atomic mass is 10.2. The summed E-state index contributed by atoms with van der Waals surface area (Å²) < 4.78 is 5.63. The summed E-state index contributed by atoms with van der Waals surface area (Å²) in [6.45, 7) is 7.47. The Morgan fingerprint density at radius 2 is 1.95 bits per heavy atom. The first-order chi connectivity index (χ1) is 9.88. The van der Waals surface area contributed by atoms with Crippen molar-refractivity contribution in [2.75, 3.05) is 0 Å². The molecule has 1 aromatic heterocycles. The molecule has 6 heteroatoms. The lowest BCUT2D eigenvalue weighted by Gasteiger charge is -2.10. The van der Waals surface area contributed by atoms with Gasteiger partial charge in [-0.3, -0.25) is 10.1 Å². The van der Waals surface area contributed by atoms with Gasteiger partial charge in [0.05, 0.1) is 4.92 Å². The molecule has 0 saturated heterocycles. The summed E-state index contributed by atoms with van der Waals surface area (Å²) in [5.74, 6) is 1.31. The Hall–Kier alpha value is -2.50. The number of rotatable bonds is 4. The molecular formula is C15H17N3O3. The van der Waals surface area contributed by atoms with Crippen LogP contribution >= 0.6 is 0 Å². The van der Waals surface area contributed by atoms with E-state index in [-0.39, 0.29) is 17.4 Å². The third-order valence-corrected chi connectivity index (χ3v) is 2.96. The van der Waals surface area contributed by atoms with E-state index in [0.717, 1.165) is 5.69 Å². The maximum absolute atomic E-state index is 11.2. The summed E-state index contributed by atoms with van der Waals surface area (Å²) in [6.07, 6.45) is 0. The molecule has 0 fully saturated rings. The Balaban J connectivity index is 2.43. The molecule has 0 atom stereocenters. The standard InChI is InChI=1S/C15H17N3O3/c1-9(2)15-16-11(4)8-13(17-15)21-12-7-5-6-10(3)14(12)18(19)20/h5-9H,1-4H3. The molecule has 2 rings (SSSR count). The molecule has 21 heavy (non-hydrogen) atoms. The van der Waals surface area contributed by atoms with E-state index in [2.05, 4.69) is 9.97 Å². The normalized spacial score (nSPS) is 10.7. The van der Waals surface area contributed by atoms with Crippen LogP contribution in [0.5, 0.6) is 11.6 Å². The molecule has 0 unspecified atom stereocenters. The van der Waals surface area contributed by atoms with Crippen molar-refractivity contribution in [3.8, 4) is 11.6 Å². The fourth-order valence-corrected chi connectivity index (χ4v) is 1.93. The second-order valence-corrected chi connectivity index (χ2v) is 5.14. The zero-order valence-corrected chi connectivity index (χ0v) is 12.5. The van der Waals surface area contributed by atoms with Crippen LogP contribution in [-0.4, -0.2) is 14.9 Å². The van der Waals surface area contributed by atoms with E-state index in [1.54, 1.807) is 31.2 Å². The van der Waals surface area contributed by atoms with E-state index in [0.29, 0.717) is 17.3 Å². The average molecular weight is 287 g/mol. The lowest BCUT2D eigenvalue weighted by molar-refractivity contribution is -0.386. The Morgan fingerprint density at radius 1 is 1.24 bits per heavy atom. The first-order valence-corrected chi connectivity index (χ1v) is 6.66. The van der Waals surface area contributed by atoms with Crippen molar-refractivity contribution in [3.05, 3.63) is 51.5 Å². The number of ether oxygens (including phenoxy) is 1.